The third-order valence-corrected chi connectivity index (χ3v) is 9.47. The van der Waals surface area contributed by atoms with Gasteiger partial charge in [-0.2, -0.15) is 0 Å². The molecule has 8 bridgehead atoms. The zero-order valence-corrected chi connectivity index (χ0v) is 15.8. The second-order valence-electron chi connectivity index (χ2n) is 11.4. The van der Waals surface area contributed by atoms with E-state index in [1.54, 1.807) is 0 Å². The fourth-order valence-corrected chi connectivity index (χ4v) is 9.46. The van der Waals surface area contributed by atoms with E-state index in [4.69, 9.17) is 16.0 Å². The van der Waals surface area contributed by atoms with Crippen molar-refractivity contribution in [3.05, 3.63) is 0 Å². The van der Waals surface area contributed by atoms with Gasteiger partial charge in [0.05, 0.1) is 5.10 Å². The number of hydrogen-bond donors (Lipinski definition) is 1. The van der Waals surface area contributed by atoms with Crippen LogP contribution in [-0.2, 0) is 11.1 Å². The second-order valence-corrected chi connectivity index (χ2v) is 11.4. The van der Waals surface area contributed by atoms with Gasteiger partial charge in [0, 0.05) is 5.21 Å². The van der Waals surface area contributed by atoms with Crippen LogP contribution in [0.15, 0.2) is 0 Å². The Bertz CT molecular complexity index is 694. The van der Waals surface area contributed by atoms with Crippen molar-refractivity contribution >= 4 is 5.95 Å². The van der Waals surface area contributed by atoms with E-state index in [2.05, 4.69) is 9.48 Å². The number of nitrogens with two attached hydrogens (primary N) is 1. The van der Waals surface area contributed by atoms with Crippen molar-refractivity contribution in [2.45, 2.75) is 88.1 Å². The van der Waals surface area contributed by atoms with Gasteiger partial charge in [-0.1, -0.05) is 0 Å². The van der Waals surface area contributed by atoms with Gasteiger partial charge in [-0.05, 0) is 117 Å². The number of nitrogens with zero attached hydrogens (tertiary/aromatic N) is 4. The van der Waals surface area contributed by atoms with Gasteiger partial charge in [-0.3, -0.25) is 0 Å². The quantitative estimate of drug-likeness (QED) is 0.831. The van der Waals surface area contributed by atoms with E-state index in [1.807, 2.05) is 0 Å². The van der Waals surface area contributed by atoms with E-state index in [0.717, 1.165) is 35.5 Å². The Hall–Kier alpha value is -1.13. The van der Waals surface area contributed by atoms with E-state index < -0.39 is 0 Å². The molecule has 140 valence electrons. The molecule has 0 atom stereocenters. The van der Waals surface area contributed by atoms with Crippen molar-refractivity contribution in [3.63, 3.8) is 0 Å². The molecule has 0 amide bonds. The number of aromatic nitrogens is 4. The lowest BCUT2D eigenvalue weighted by molar-refractivity contribution is -0.816. The molecule has 1 aromatic heterocycles. The molecule has 8 aliphatic carbocycles. The molecule has 9 rings (SSSR count). The standard InChI is InChI=1S/C21H32N5/c22-19-23-26(21-10-16-4-17(11-21)6-18(5-16)12-21)24-25(19)20-7-13-1-14(8-20)3-15(2-13)9-20/h13-18H,1-12H2,(H2,22,23,24)/q+1. The minimum absolute atomic E-state index is 0.191. The molecule has 5 heteroatoms. The zero-order chi connectivity index (χ0) is 17.1. The van der Waals surface area contributed by atoms with Crippen molar-refractivity contribution in [2.75, 3.05) is 5.73 Å². The molecule has 1 heterocycles. The maximum Gasteiger partial charge on any atom is 0.396 e. The maximum absolute atomic E-state index is 6.55. The van der Waals surface area contributed by atoms with E-state index in [9.17, 15) is 0 Å². The van der Waals surface area contributed by atoms with Crippen LogP contribution in [0.3, 0.4) is 0 Å². The molecule has 5 nitrogen and oxygen atoms in total. The highest BCUT2D eigenvalue weighted by atomic mass is 15.7. The highest BCUT2D eigenvalue weighted by molar-refractivity contribution is 5.08. The van der Waals surface area contributed by atoms with E-state index in [1.165, 1.54) is 77.0 Å². The van der Waals surface area contributed by atoms with Crippen molar-refractivity contribution < 1.29 is 4.68 Å². The fraction of sp³-hybridized carbons (Fsp3) is 0.952. The fourth-order valence-electron chi connectivity index (χ4n) is 9.46. The molecule has 1 aromatic rings. The van der Waals surface area contributed by atoms with Crippen LogP contribution >= 0.6 is 0 Å². The molecule has 0 spiro atoms. The highest BCUT2D eigenvalue weighted by Crippen LogP contribution is 2.59. The summed E-state index contributed by atoms with van der Waals surface area (Å²) in [5.74, 6) is 6.20. The molecular formula is C21H32N5+. The lowest BCUT2D eigenvalue weighted by Gasteiger charge is -2.55. The summed E-state index contributed by atoms with van der Waals surface area (Å²) in [5.41, 5.74) is 6.93. The average Bonchev–Trinajstić information content (AvgIpc) is 2.96. The van der Waals surface area contributed by atoms with Gasteiger partial charge in [0.1, 0.15) is 11.1 Å². The van der Waals surface area contributed by atoms with Gasteiger partial charge in [-0.15, -0.1) is 4.68 Å². The van der Waals surface area contributed by atoms with Crippen LogP contribution in [-0.4, -0.2) is 15.1 Å². The van der Waals surface area contributed by atoms with Crippen LogP contribution in [0.5, 0.6) is 0 Å². The Morgan fingerprint density at radius 2 is 1.15 bits per heavy atom. The van der Waals surface area contributed by atoms with Gasteiger partial charge in [0.15, 0.2) is 0 Å². The van der Waals surface area contributed by atoms with Crippen molar-refractivity contribution in [3.8, 4) is 0 Å². The van der Waals surface area contributed by atoms with E-state index in [-0.39, 0.29) is 11.1 Å². The first-order valence-corrected chi connectivity index (χ1v) is 11.3. The number of nitrogen functional groups attached to an aromatic ring is 1. The molecule has 0 saturated heterocycles. The first-order valence-electron chi connectivity index (χ1n) is 11.3. The van der Waals surface area contributed by atoms with Crippen molar-refractivity contribution in [1.29, 1.82) is 0 Å². The Kier molecular flexibility index (Phi) is 2.65. The Labute approximate surface area is 155 Å². The topological polar surface area (TPSA) is 60.6 Å². The first kappa shape index (κ1) is 14.9. The number of hydrogen-bond acceptors (Lipinski definition) is 3. The van der Waals surface area contributed by atoms with Crippen LogP contribution in [0.4, 0.5) is 5.95 Å². The van der Waals surface area contributed by atoms with Gasteiger partial charge in [0.2, 0.25) is 0 Å². The van der Waals surface area contributed by atoms with Gasteiger partial charge >= 0.3 is 5.95 Å². The molecule has 2 N–H and O–H groups in total. The van der Waals surface area contributed by atoms with Crippen LogP contribution in [0.25, 0.3) is 0 Å². The highest BCUT2D eigenvalue weighted by Gasteiger charge is 2.58. The summed E-state index contributed by atoms with van der Waals surface area (Å²) in [6.45, 7) is 0. The maximum atomic E-state index is 6.55. The summed E-state index contributed by atoms with van der Waals surface area (Å²) in [4.78, 5) is 2.14. The van der Waals surface area contributed by atoms with E-state index >= 15 is 0 Å². The SMILES string of the molecule is Nc1nn(C23CC4CC(CC(C4)C2)C3)n[n+]1C12CC3CC(CC(C3)C1)C2. The molecule has 0 aromatic carbocycles. The molecule has 8 fully saturated rings. The third-order valence-electron chi connectivity index (χ3n) is 9.47. The Morgan fingerprint density at radius 3 is 1.62 bits per heavy atom. The monoisotopic (exact) mass is 354 g/mol. The molecule has 0 radical (unpaired) electrons. The normalized spacial score (nSPS) is 53.5. The molecule has 26 heavy (non-hydrogen) atoms. The Morgan fingerprint density at radius 1 is 0.731 bits per heavy atom. The largest absolute Gasteiger partial charge is 0.396 e. The lowest BCUT2D eigenvalue weighted by atomic mass is 9.53. The van der Waals surface area contributed by atoms with Gasteiger partial charge in [-0.25, -0.2) is 0 Å². The number of tetrazole rings is 1. The number of rotatable bonds is 2. The summed E-state index contributed by atoms with van der Waals surface area (Å²) in [6.07, 6.45) is 16.6. The summed E-state index contributed by atoms with van der Waals surface area (Å²) in [7, 11) is 0. The van der Waals surface area contributed by atoms with Crippen molar-refractivity contribution in [2.24, 2.45) is 35.5 Å². The molecule has 8 saturated carbocycles. The summed E-state index contributed by atoms with van der Waals surface area (Å²) >= 11 is 0. The first-order chi connectivity index (χ1) is 12.6. The van der Waals surface area contributed by atoms with E-state index in [0.29, 0.717) is 5.95 Å². The van der Waals surface area contributed by atoms with Gasteiger partial charge < -0.3 is 5.73 Å². The summed E-state index contributed by atoms with van der Waals surface area (Å²) in [6, 6.07) is 0. The second kappa shape index (κ2) is 4.64. The lowest BCUT2D eigenvalue weighted by Crippen LogP contribution is -2.67. The predicted molar refractivity (Wildman–Crippen MR) is 96.9 cm³/mol. The van der Waals surface area contributed by atoms with Gasteiger partial charge in [0.25, 0.3) is 0 Å². The van der Waals surface area contributed by atoms with Crippen molar-refractivity contribution in [1.82, 2.24) is 15.1 Å². The minimum Gasteiger partial charge on any atom is -0.304 e. The van der Waals surface area contributed by atoms with Crippen LogP contribution < -0.4 is 10.4 Å². The molecule has 8 aliphatic rings. The molecular weight excluding hydrogens is 322 g/mol. The molecule has 0 aliphatic heterocycles. The number of anilines is 1. The smallest absolute Gasteiger partial charge is 0.304 e. The van der Waals surface area contributed by atoms with Crippen LogP contribution in [0.1, 0.15) is 77.0 Å². The Balaban J connectivity index is 1.29. The summed E-state index contributed by atoms with van der Waals surface area (Å²) < 4.78 is 2.23. The third kappa shape index (κ3) is 1.85. The molecule has 0 unspecified atom stereocenters. The van der Waals surface area contributed by atoms with Crippen LogP contribution in [0.2, 0.25) is 0 Å². The minimum atomic E-state index is 0.191. The predicted octanol–water partition coefficient (Wildman–Crippen LogP) is 3.00. The average molecular weight is 355 g/mol. The van der Waals surface area contributed by atoms with Crippen LogP contribution in [0, 0.1) is 35.5 Å². The summed E-state index contributed by atoms with van der Waals surface area (Å²) in [5, 5.41) is 10.1. The zero-order valence-electron chi connectivity index (χ0n) is 15.8.